The number of hydrazine groups is 1. The smallest absolute Gasteiger partial charge is 0.0604 e. The third-order valence-electron chi connectivity index (χ3n) is 3.60. The Morgan fingerprint density at radius 1 is 1.29 bits per heavy atom. The van der Waals surface area contributed by atoms with Gasteiger partial charge in [-0.05, 0) is 44.9 Å². The first-order chi connectivity index (χ1) is 8.05. The Morgan fingerprint density at radius 3 is 2.41 bits per heavy atom. The van der Waals surface area contributed by atoms with Crippen LogP contribution in [0.3, 0.4) is 0 Å². The van der Waals surface area contributed by atoms with Gasteiger partial charge in [0.1, 0.15) is 0 Å². The zero-order chi connectivity index (χ0) is 12.5. The van der Waals surface area contributed by atoms with E-state index >= 15 is 0 Å². The minimum atomic E-state index is 0.231. The van der Waals surface area contributed by atoms with Gasteiger partial charge in [0.25, 0.3) is 0 Å². The van der Waals surface area contributed by atoms with Crippen LogP contribution in [0.1, 0.15) is 42.5 Å². The third-order valence-corrected chi connectivity index (χ3v) is 5.20. The SMILES string of the molecule is Cc1cc(C)cc(C(NN)C2(C)CCCS2)c1. The number of rotatable bonds is 3. The monoisotopic (exact) mass is 250 g/mol. The van der Waals surface area contributed by atoms with Gasteiger partial charge in [-0.3, -0.25) is 11.3 Å². The molecular weight excluding hydrogens is 228 g/mol. The molecule has 1 aromatic rings. The topological polar surface area (TPSA) is 38.0 Å². The predicted molar refractivity (Wildman–Crippen MR) is 76.1 cm³/mol. The third kappa shape index (κ3) is 2.67. The van der Waals surface area contributed by atoms with Crippen molar-refractivity contribution in [1.82, 2.24) is 5.43 Å². The highest BCUT2D eigenvalue weighted by Crippen LogP contribution is 2.46. The number of benzene rings is 1. The molecule has 0 aliphatic carbocycles. The molecule has 1 aliphatic heterocycles. The van der Waals surface area contributed by atoms with Crippen molar-refractivity contribution in [2.75, 3.05) is 5.75 Å². The van der Waals surface area contributed by atoms with Crippen LogP contribution in [0.15, 0.2) is 18.2 Å². The maximum atomic E-state index is 5.81. The van der Waals surface area contributed by atoms with Gasteiger partial charge in [0.2, 0.25) is 0 Å². The van der Waals surface area contributed by atoms with Crippen molar-refractivity contribution >= 4 is 11.8 Å². The zero-order valence-corrected chi connectivity index (χ0v) is 11.7. The molecule has 1 aromatic carbocycles. The molecule has 1 saturated heterocycles. The summed E-state index contributed by atoms with van der Waals surface area (Å²) in [6.07, 6.45) is 2.53. The number of nitrogens with two attached hydrogens (primary N) is 1. The zero-order valence-electron chi connectivity index (χ0n) is 10.9. The summed E-state index contributed by atoms with van der Waals surface area (Å²) in [4.78, 5) is 0. The van der Waals surface area contributed by atoms with Crippen molar-refractivity contribution < 1.29 is 0 Å². The molecule has 1 fully saturated rings. The summed E-state index contributed by atoms with van der Waals surface area (Å²) in [5, 5.41) is 0. The van der Waals surface area contributed by atoms with E-state index in [-0.39, 0.29) is 10.8 Å². The molecule has 1 heterocycles. The van der Waals surface area contributed by atoms with Gasteiger partial charge < -0.3 is 0 Å². The highest BCUT2D eigenvalue weighted by Gasteiger charge is 2.38. The molecule has 0 radical (unpaired) electrons. The van der Waals surface area contributed by atoms with Crippen LogP contribution >= 0.6 is 11.8 Å². The Bertz CT molecular complexity index is 377. The van der Waals surface area contributed by atoms with E-state index in [0.717, 1.165) is 0 Å². The maximum absolute atomic E-state index is 5.81. The van der Waals surface area contributed by atoms with Gasteiger partial charge in [-0.2, -0.15) is 11.8 Å². The van der Waals surface area contributed by atoms with Crippen LogP contribution in [0.25, 0.3) is 0 Å². The molecule has 94 valence electrons. The van der Waals surface area contributed by atoms with Gasteiger partial charge in [-0.1, -0.05) is 29.3 Å². The lowest BCUT2D eigenvalue weighted by molar-refractivity contribution is 0.420. The lowest BCUT2D eigenvalue weighted by atomic mass is 9.89. The summed E-state index contributed by atoms with van der Waals surface area (Å²) in [5.74, 6) is 7.06. The lowest BCUT2D eigenvalue weighted by Crippen LogP contribution is -2.41. The van der Waals surface area contributed by atoms with Crippen LogP contribution in [0, 0.1) is 13.8 Å². The van der Waals surface area contributed by atoms with Crippen molar-refractivity contribution in [1.29, 1.82) is 0 Å². The number of hydrogen-bond acceptors (Lipinski definition) is 3. The molecule has 3 N–H and O–H groups in total. The van der Waals surface area contributed by atoms with E-state index in [1.807, 2.05) is 11.8 Å². The Labute approximate surface area is 108 Å². The minimum Gasteiger partial charge on any atom is -0.271 e. The summed E-state index contributed by atoms with van der Waals surface area (Å²) in [5.41, 5.74) is 6.98. The van der Waals surface area contributed by atoms with Crippen molar-refractivity contribution in [2.24, 2.45) is 5.84 Å². The average molecular weight is 250 g/mol. The first kappa shape index (κ1) is 12.9. The minimum absolute atomic E-state index is 0.231. The maximum Gasteiger partial charge on any atom is 0.0604 e. The van der Waals surface area contributed by atoms with E-state index in [4.69, 9.17) is 5.84 Å². The van der Waals surface area contributed by atoms with E-state index in [9.17, 15) is 0 Å². The Kier molecular flexibility index (Phi) is 3.81. The fraction of sp³-hybridized carbons (Fsp3) is 0.571. The van der Waals surface area contributed by atoms with E-state index in [1.165, 1.54) is 35.3 Å². The number of aryl methyl sites for hydroxylation is 2. The Balaban J connectivity index is 2.34. The molecule has 2 atom stereocenters. The molecule has 2 rings (SSSR count). The normalized spacial score (nSPS) is 26.1. The van der Waals surface area contributed by atoms with Gasteiger partial charge in [0.05, 0.1) is 6.04 Å². The largest absolute Gasteiger partial charge is 0.271 e. The van der Waals surface area contributed by atoms with Crippen molar-refractivity contribution in [3.8, 4) is 0 Å². The van der Waals surface area contributed by atoms with Crippen molar-refractivity contribution in [3.05, 3.63) is 34.9 Å². The quantitative estimate of drug-likeness (QED) is 0.639. The number of hydrogen-bond donors (Lipinski definition) is 2. The second-order valence-electron chi connectivity index (χ2n) is 5.29. The molecule has 0 bridgehead atoms. The molecule has 0 saturated carbocycles. The summed E-state index contributed by atoms with van der Waals surface area (Å²) < 4.78 is 0.231. The average Bonchev–Trinajstić information content (AvgIpc) is 2.65. The van der Waals surface area contributed by atoms with E-state index in [2.05, 4.69) is 44.4 Å². The van der Waals surface area contributed by atoms with E-state index in [0.29, 0.717) is 0 Å². The van der Waals surface area contributed by atoms with Gasteiger partial charge in [-0.15, -0.1) is 0 Å². The molecular formula is C14H22N2S. The summed E-state index contributed by atoms with van der Waals surface area (Å²) >= 11 is 2.04. The Morgan fingerprint density at radius 2 is 1.94 bits per heavy atom. The van der Waals surface area contributed by atoms with Crippen molar-refractivity contribution in [2.45, 2.75) is 44.4 Å². The molecule has 2 unspecified atom stereocenters. The molecule has 17 heavy (non-hydrogen) atoms. The predicted octanol–water partition coefficient (Wildman–Crippen LogP) is 3.09. The van der Waals surface area contributed by atoms with Gasteiger partial charge in [-0.25, -0.2) is 0 Å². The summed E-state index contributed by atoms with van der Waals surface area (Å²) in [6.45, 7) is 6.62. The fourth-order valence-corrected chi connectivity index (χ4v) is 4.24. The van der Waals surface area contributed by atoms with Crippen molar-refractivity contribution in [3.63, 3.8) is 0 Å². The van der Waals surface area contributed by atoms with Gasteiger partial charge in [0.15, 0.2) is 0 Å². The molecule has 2 nitrogen and oxygen atoms in total. The molecule has 1 aliphatic rings. The van der Waals surface area contributed by atoms with Crippen LogP contribution in [-0.4, -0.2) is 10.5 Å². The second-order valence-corrected chi connectivity index (χ2v) is 6.91. The fourth-order valence-electron chi connectivity index (χ4n) is 2.83. The number of thioether (sulfide) groups is 1. The van der Waals surface area contributed by atoms with Crippen LogP contribution in [0.5, 0.6) is 0 Å². The molecule has 3 heteroatoms. The molecule has 0 amide bonds. The second kappa shape index (κ2) is 5.01. The Hall–Kier alpha value is -0.510. The highest BCUT2D eigenvalue weighted by atomic mass is 32.2. The molecule has 0 aromatic heterocycles. The van der Waals surface area contributed by atoms with Crippen LogP contribution < -0.4 is 11.3 Å². The van der Waals surface area contributed by atoms with Crippen LogP contribution in [0.4, 0.5) is 0 Å². The van der Waals surface area contributed by atoms with Crippen LogP contribution in [-0.2, 0) is 0 Å². The summed E-state index contributed by atoms with van der Waals surface area (Å²) in [6, 6.07) is 6.96. The lowest BCUT2D eigenvalue weighted by Gasteiger charge is -2.33. The molecule has 0 spiro atoms. The summed E-state index contributed by atoms with van der Waals surface area (Å²) in [7, 11) is 0. The van der Waals surface area contributed by atoms with Crippen LogP contribution in [0.2, 0.25) is 0 Å². The number of nitrogens with one attached hydrogen (secondary N) is 1. The first-order valence-electron chi connectivity index (χ1n) is 6.23. The van der Waals surface area contributed by atoms with Gasteiger partial charge in [0, 0.05) is 4.75 Å². The van der Waals surface area contributed by atoms with Gasteiger partial charge >= 0.3 is 0 Å². The van der Waals surface area contributed by atoms with E-state index in [1.54, 1.807) is 0 Å². The standard InChI is InChI=1S/C14H22N2S/c1-10-7-11(2)9-12(8-10)13(16-15)14(3)5-4-6-17-14/h7-9,13,16H,4-6,15H2,1-3H3. The first-order valence-corrected chi connectivity index (χ1v) is 7.22. The highest BCUT2D eigenvalue weighted by molar-refractivity contribution is 8.00. The van der Waals surface area contributed by atoms with E-state index < -0.39 is 0 Å².